The molecule has 0 amide bonds. The summed E-state index contributed by atoms with van der Waals surface area (Å²) in [6, 6.07) is 30.1. The molecule has 47 heavy (non-hydrogen) atoms. The molecule has 1 aliphatic rings. The van der Waals surface area contributed by atoms with E-state index in [0.717, 1.165) is 74.5 Å². The number of carboxylic acids is 1. The number of aliphatic carboxylic acids is 1. The second kappa shape index (κ2) is 12.8. The number of carbonyl (C=O) groups is 1. The molecular formula is C36H26N2O6S3. The van der Waals surface area contributed by atoms with E-state index < -0.39 is 5.97 Å². The van der Waals surface area contributed by atoms with E-state index >= 15 is 0 Å². The Morgan fingerprint density at radius 2 is 1.32 bits per heavy atom. The fourth-order valence-electron chi connectivity index (χ4n) is 5.30. The van der Waals surface area contributed by atoms with Gasteiger partial charge in [0.1, 0.15) is 36.4 Å². The number of anilines is 3. The predicted octanol–water partition coefficient (Wildman–Crippen LogP) is 9.61. The molecule has 7 rings (SSSR count). The van der Waals surface area contributed by atoms with Crippen LogP contribution in [0.3, 0.4) is 0 Å². The molecule has 0 radical (unpaired) electrons. The number of ether oxygens (including phenoxy) is 4. The Bertz CT molecular complexity index is 2070. The van der Waals surface area contributed by atoms with E-state index in [-0.39, 0.29) is 5.57 Å². The third-order valence-electron chi connectivity index (χ3n) is 7.54. The van der Waals surface area contributed by atoms with Gasteiger partial charge in [-0.15, -0.1) is 34.0 Å². The van der Waals surface area contributed by atoms with Gasteiger partial charge in [0, 0.05) is 31.3 Å². The number of hydrogen-bond acceptors (Lipinski definition) is 10. The van der Waals surface area contributed by atoms with Gasteiger partial charge >= 0.3 is 5.97 Å². The van der Waals surface area contributed by atoms with Crippen molar-refractivity contribution >= 4 is 72.5 Å². The van der Waals surface area contributed by atoms with Gasteiger partial charge in [0.15, 0.2) is 11.5 Å². The van der Waals surface area contributed by atoms with E-state index in [0.29, 0.717) is 13.2 Å². The van der Waals surface area contributed by atoms with Crippen molar-refractivity contribution in [1.82, 2.24) is 0 Å². The summed E-state index contributed by atoms with van der Waals surface area (Å²) < 4.78 is 25.2. The molecule has 0 atom stereocenters. The van der Waals surface area contributed by atoms with E-state index in [4.69, 9.17) is 24.2 Å². The highest BCUT2D eigenvalue weighted by Gasteiger charge is 2.28. The first-order valence-corrected chi connectivity index (χ1v) is 16.9. The third kappa shape index (κ3) is 5.90. The third-order valence-corrected chi connectivity index (χ3v) is 11.2. The zero-order valence-electron chi connectivity index (χ0n) is 25.2. The van der Waals surface area contributed by atoms with Crippen LogP contribution in [0.2, 0.25) is 0 Å². The molecule has 0 unspecified atom stereocenters. The van der Waals surface area contributed by atoms with E-state index in [9.17, 15) is 9.90 Å². The van der Waals surface area contributed by atoms with E-state index in [1.165, 1.54) is 17.4 Å². The minimum Gasteiger partial charge on any atom is -0.497 e. The van der Waals surface area contributed by atoms with Crippen LogP contribution in [0.4, 0.5) is 17.1 Å². The average molecular weight is 679 g/mol. The van der Waals surface area contributed by atoms with Gasteiger partial charge < -0.3 is 29.0 Å². The van der Waals surface area contributed by atoms with Crippen LogP contribution in [0.25, 0.3) is 35.7 Å². The Balaban J connectivity index is 1.24. The topological polar surface area (TPSA) is 101 Å². The summed E-state index contributed by atoms with van der Waals surface area (Å²) >= 11 is 4.68. The first-order valence-electron chi connectivity index (χ1n) is 14.5. The molecule has 0 aliphatic carbocycles. The van der Waals surface area contributed by atoms with Crippen LogP contribution in [0.15, 0.2) is 90.5 Å². The fraction of sp³-hybridized carbons (Fsp3) is 0.111. The lowest BCUT2D eigenvalue weighted by Gasteiger charge is -2.26. The summed E-state index contributed by atoms with van der Waals surface area (Å²) in [5.74, 6) is 1.82. The summed E-state index contributed by atoms with van der Waals surface area (Å²) in [5.41, 5.74) is 3.68. The molecule has 1 N–H and O–H groups in total. The van der Waals surface area contributed by atoms with Crippen molar-refractivity contribution in [2.45, 2.75) is 0 Å². The number of thiophene rings is 3. The fourth-order valence-corrected chi connectivity index (χ4v) is 8.94. The molecule has 1 aliphatic heterocycles. The molecule has 0 bridgehead atoms. The number of fused-ring (bicyclic) bond motifs is 2. The molecule has 0 saturated heterocycles. The quantitative estimate of drug-likeness (QED) is 0.119. The maximum atomic E-state index is 11.3. The standard InChI is InChI=1S/C36H26N2O6S3/c1-41-26-11-7-24(8-12-26)38(25-9-13-27(42-2)14-10-25)23-5-3-21(4-6-23)34-32-33(44-16-15-43-32)35(47-34)31-19-30-29(46-31)18-28(45-30)17-22(20-37)36(39)40/h3-14,17-19H,15-16H2,1-2H3,(H,39,40)/b22-17-. The van der Waals surface area contributed by atoms with Crippen LogP contribution in [0.5, 0.6) is 23.0 Å². The molecule has 4 heterocycles. The summed E-state index contributed by atoms with van der Waals surface area (Å²) in [7, 11) is 3.31. The summed E-state index contributed by atoms with van der Waals surface area (Å²) in [5, 5.41) is 18.4. The number of nitrogens with zero attached hydrogens (tertiary/aromatic N) is 2. The van der Waals surface area contributed by atoms with E-state index in [1.807, 2.05) is 54.6 Å². The molecule has 3 aromatic heterocycles. The number of rotatable bonds is 9. The normalized spacial score (nSPS) is 12.5. The van der Waals surface area contributed by atoms with Crippen molar-refractivity contribution in [1.29, 1.82) is 5.26 Å². The minimum absolute atomic E-state index is 0.288. The van der Waals surface area contributed by atoms with Gasteiger partial charge in [0.2, 0.25) is 0 Å². The minimum atomic E-state index is -1.23. The number of nitriles is 1. The number of hydrogen-bond donors (Lipinski definition) is 1. The monoisotopic (exact) mass is 678 g/mol. The van der Waals surface area contributed by atoms with Crippen LogP contribution in [0, 0.1) is 11.3 Å². The van der Waals surface area contributed by atoms with Crippen molar-refractivity contribution in [3.63, 3.8) is 0 Å². The highest BCUT2D eigenvalue weighted by Crippen LogP contribution is 2.56. The van der Waals surface area contributed by atoms with Gasteiger partial charge in [0.25, 0.3) is 0 Å². The maximum Gasteiger partial charge on any atom is 0.346 e. The zero-order chi connectivity index (χ0) is 32.5. The van der Waals surface area contributed by atoms with Crippen molar-refractivity contribution in [2.24, 2.45) is 0 Å². The average Bonchev–Trinajstić information content (AvgIpc) is 3.80. The Morgan fingerprint density at radius 1 is 0.787 bits per heavy atom. The lowest BCUT2D eigenvalue weighted by molar-refractivity contribution is -0.132. The van der Waals surface area contributed by atoms with Gasteiger partial charge in [-0.3, -0.25) is 0 Å². The smallest absolute Gasteiger partial charge is 0.346 e. The highest BCUT2D eigenvalue weighted by molar-refractivity contribution is 7.32. The van der Waals surface area contributed by atoms with Gasteiger partial charge in [-0.2, -0.15) is 5.26 Å². The Kier molecular flexibility index (Phi) is 8.30. The second-order valence-corrected chi connectivity index (χ2v) is 13.6. The molecule has 0 spiro atoms. The van der Waals surface area contributed by atoms with Crippen LogP contribution in [0.1, 0.15) is 4.88 Å². The predicted molar refractivity (Wildman–Crippen MR) is 188 cm³/mol. The van der Waals surface area contributed by atoms with Crippen molar-refractivity contribution in [3.8, 4) is 49.3 Å². The number of carboxylic acid groups (broad SMARTS) is 1. The molecule has 0 saturated carbocycles. The molecule has 11 heteroatoms. The highest BCUT2D eigenvalue weighted by atomic mass is 32.1. The Morgan fingerprint density at radius 3 is 1.83 bits per heavy atom. The van der Waals surface area contributed by atoms with Gasteiger partial charge in [0.05, 0.1) is 28.9 Å². The van der Waals surface area contributed by atoms with Gasteiger partial charge in [-0.25, -0.2) is 4.79 Å². The van der Waals surface area contributed by atoms with Crippen molar-refractivity contribution in [2.75, 3.05) is 32.3 Å². The first kappa shape index (κ1) is 30.4. The van der Waals surface area contributed by atoms with Crippen LogP contribution < -0.4 is 23.8 Å². The second-order valence-electron chi connectivity index (χ2n) is 10.4. The summed E-state index contributed by atoms with van der Waals surface area (Å²) in [6.45, 7) is 0.936. The number of methoxy groups -OCH3 is 2. The lowest BCUT2D eigenvalue weighted by atomic mass is 10.1. The largest absolute Gasteiger partial charge is 0.497 e. The number of benzene rings is 3. The van der Waals surface area contributed by atoms with Crippen molar-refractivity contribution < 1.29 is 28.8 Å². The molecule has 234 valence electrons. The van der Waals surface area contributed by atoms with Gasteiger partial charge in [-0.05, 0) is 84.4 Å². The molecule has 6 aromatic rings. The SMILES string of the molecule is COc1ccc(N(c2ccc(OC)cc2)c2ccc(-c3sc(-c4cc5sc(/C=C(/C#N)C(=O)O)cc5s4)c4c3OCCO4)cc2)cc1. The van der Waals surface area contributed by atoms with E-state index in [1.54, 1.807) is 43.0 Å². The molecule has 8 nitrogen and oxygen atoms in total. The summed E-state index contributed by atoms with van der Waals surface area (Å²) in [4.78, 5) is 17.2. The maximum absolute atomic E-state index is 11.3. The Labute approximate surface area is 282 Å². The zero-order valence-corrected chi connectivity index (χ0v) is 27.6. The summed E-state index contributed by atoms with van der Waals surface area (Å²) in [6.07, 6.45) is 1.41. The molecular weight excluding hydrogens is 653 g/mol. The van der Waals surface area contributed by atoms with Crippen molar-refractivity contribution in [3.05, 3.63) is 95.4 Å². The molecule has 0 fully saturated rings. The van der Waals surface area contributed by atoms with E-state index in [2.05, 4.69) is 35.2 Å². The van der Waals surface area contributed by atoms with Crippen LogP contribution in [-0.2, 0) is 4.79 Å². The van der Waals surface area contributed by atoms with Crippen LogP contribution in [-0.4, -0.2) is 38.5 Å². The van der Waals surface area contributed by atoms with Crippen LogP contribution >= 0.6 is 34.0 Å². The Hall–Kier alpha value is -5.28. The van der Waals surface area contributed by atoms with Gasteiger partial charge in [-0.1, -0.05) is 12.1 Å². The lowest BCUT2D eigenvalue weighted by Crippen LogP contribution is -2.14. The first-order chi connectivity index (χ1) is 22.9. The molecule has 3 aromatic carbocycles.